The van der Waals surface area contributed by atoms with Crippen molar-refractivity contribution >= 4 is 0 Å². The third kappa shape index (κ3) is 4.43. The smallest absolute Gasteiger partial charge is 0.161 e. The lowest BCUT2D eigenvalue weighted by Gasteiger charge is -2.53. The number of alkyl halides is 1. The number of hydrogen-bond acceptors (Lipinski definition) is 2. The molecule has 0 saturated heterocycles. The maximum Gasteiger partial charge on any atom is 0.161 e. The lowest BCUT2D eigenvalue weighted by molar-refractivity contribution is -0.133. The number of para-hydroxylation sites is 2. The van der Waals surface area contributed by atoms with Crippen LogP contribution in [0.1, 0.15) is 75.7 Å². The number of fused-ring (bicyclic) bond motifs is 1. The van der Waals surface area contributed by atoms with Crippen LogP contribution in [0, 0.1) is 21.7 Å². The van der Waals surface area contributed by atoms with Crippen molar-refractivity contribution in [2.24, 2.45) is 21.7 Å². The SMILES string of the molecule is CC(C)(C)C(F)CC(C)(C)C(C)(C)C1Oc2ccccc2OC1C(C)(C)C. The van der Waals surface area contributed by atoms with Crippen molar-refractivity contribution < 1.29 is 13.9 Å². The van der Waals surface area contributed by atoms with Gasteiger partial charge in [-0.2, -0.15) is 0 Å². The van der Waals surface area contributed by atoms with E-state index in [1.807, 2.05) is 45.0 Å². The van der Waals surface area contributed by atoms with Crippen LogP contribution in [0.15, 0.2) is 24.3 Å². The van der Waals surface area contributed by atoms with Crippen LogP contribution in [-0.4, -0.2) is 18.4 Å². The molecule has 1 aromatic carbocycles. The summed E-state index contributed by atoms with van der Waals surface area (Å²) in [6, 6.07) is 7.84. The van der Waals surface area contributed by atoms with Gasteiger partial charge in [-0.3, -0.25) is 0 Å². The number of rotatable bonds is 4. The minimum absolute atomic E-state index is 0.106. The van der Waals surface area contributed by atoms with Gasteiger partial charge >= 0.3 is 0 Å². The summed E-state index contributed by atoms with van der Waals surface area (Å²) in [5, 5.41) is 0. The molecule has 0 fully saturated rings. The molecule has 3 atom stereocenters. The molecule has 0 saturated carbocycles. The number of hydrogen-bond donors (Lipinski definition) is 0. The van der Waals surface area contributed by atoms with Gasteiger partial charge in [-0.1, -0.05) is 81.4 Å². The first-order valence-electron chi connectivity index (χ1n) is 10.1. The Morgan fingerprint density at radius 1 is 0.815 bits per heavy atom. The third-order valence-electron chi connectivity index (χ3n) is 6.57. The van der Waals surface area contributed by atoms with Gasteiger partial charge in [-0.25, -0.2) is 4.39 Å². The van der Waals surface area contributed by atoms with E-state index in [1.165, 1.54) is 0 Å². The predicted molar refractivity (Wildman–Crippen MR) is 111 cm³/mol. The molecule has 1 aliphatic heterocycles. The minimum Gasteiger partial charge on any atom is -0.482 e. The minimum atomic E-state index is -0.878. The number of halogens is 1. The molecule has 0 amide bonds. The molecule has 3 unspecified atom stereocenters. The summed E-state index contributed by atoms with van der Waals surface area (Å²) in [7, 11) is 0. The summed E-state index contributed by atoms with van der Waals surface area (Å²) < 4.78 is 28.0. The highest BCUT2D eigenvalue weighted by atomic mass is 19.1. The van der Waals surface area contributed by atoms with E-state index in [0.29, 0.717) is 6.42 Å². The Balaban J connectivity index is 2.41. The highest BCUT2D eigenvalue weighted by molar-refractivity contribution is 5.41. The van der Waals surface area contributed by atoms with Gasteiger partial charge in [0.15, 0.2) is 11.5 Å². The van der Waals surface area contributed by atoms with Crippen LogP contribution in [0.3, 0.4) is 0 Å². The zero-order chi connectivity index (χ0) is 20.8. The maximum atomic E-state index is 15.0. The average Bonchev–Trinajstić information content (AvgIpc) is 2.51. The van der Waals surface area contributed by atoms with Crippen LogP contribution in [0.4, 0.5) is 4.39 Å². The Bertz CT molecular complexity index is 649. The van der Waals surface area contributed by atoms with Gasteiger partial charge in [0.1, 0.15) is 18.4 Å². The first kappa shape index (κ1) is 22.0. The summed E-state index contributed by atoms with van der Waals surface area (Å²) in [6.07, 6.45) is -0.678. The Hall–Kier alpha value is -1.25. The average molecular weight is 379 g/mol. The number of benzene rings is 1. The molecule has 0 spiro atoms. The molecule has 1 aromatic rings. The second-order valence-corrected chi connectivity index (χ2v) is 11.5. The monoisotopic (exact) mass is 378 g/mol. The Labute approximate surface area is 165 Å². The summed E-state index contributed by atoms with van der Waals surface area (Å²) in [4.78, 5) is 0. The Morgan fingerprint density at radius 2 is 1.26 bits per heavy atom. The van der Waals surface area contributed by atoms with Crippen LogP contribution in [0.25, 0.3) is 0 Å². The molecule has 0 bridgehead atoms. The van der Waals surface area contributed by atoms with Crippen molar-refractivity contribution in [1.82, 2.24) is 0 Å². The van der Waals surface area contributed by atoms with Crippen LogP contribution in [0.5, 0.6) is 11.5 Å². The van der Waals surface area contributed by atoms with Crippen LogP contribution >= 0.6 is 0 Å². The van der Waals surface area contributed by atoms with Gasteiger partial charge in [-0.05, 0) is 29.4 Å². The molecule has 2 rings (SSSR count). The normalized spacial score (nSPS) is 22.5. The van der Waals surface area contributed by atoms with Gasteiger partial charge in [0.05, 0.1) is 0 Å². The summed E-state index contributed by atoms with van der Waals surface area (Å²) in [5.74, 6) is 1.57. The first-order valence-corrected chi connectivity index (χ1v) is 10.1. The maximum absolute atomic E-state index is 15.0. The zero-order valence-corrected chi connectivity index (χ0v) is 18.9. The lowest BCUT2D eigenvalue weighted by atomic mass is 9.58. The fraction of sp³-hybridized carbons (Fsp3) is 0.750. The van der Waals surface area contributed by atoms with E-state index in [0.717, 1.165) is 11.5 Å². The summed E-state index contributed by atoms with van der Waals surface area (Å²) >= 11 is 0. The van der Waals surface area contributed by atoms with E-state index in [-0.39, 0.29) is 33.9 Å². The van der Waals surface area contributed by atoms with Crippen LogP contribution in [-0.2, 0) is 0 Å². The van der Waals surface area contributed by atoms with Crippen LogP contribution in [0.2, 0.25) is 0 Å². The van der Waals surface area contributed by atoms with E-state index < -0.39 is 6.17 Å². The van der Waals surface area contributed by atoms with Crippen LogP contribution < -0.4 is 9.47 Å². The van der Waals surface area contributed by atoms with Gasteiger partial charge in [0, 0.05) is 10.8 Å². The number of ether oxygens (including phenoxy) is 2. The van der Waals surface area contributed by atoms with Crippen molar-refractivity contribution in [2.75, 3.05) is 0 Å². The predicted octanol–water partition coefficient (Wildman–Crippen LogP) is 7.07. The molecule has 1 aliphatic rings. The van der Waals surface area contributed by atoms with Gasteiger partial charge in [0.2, 0.25) is 0 Å². The molecule has 27 heavy (non-hydrogen) atoms. The van der Waals surface area contributed by atoms with Gasteiger partial charge in [0.25, 0.3) is 0 Å². The highest BCUT2D eigenvalue weighted by Crippen LogP contribution is 2.53. The molecular formula is C24H39FO2. The topological polar surface area (TPSA) is 18.5 Å². The molecule has 1 heterocycles. The van der Waals surface area contributed by atoms with Crippen molar-refractivity contribution in [1.29, 1.82) is 0 Å². The molecule has 2 nitrogen and oxygen atoms in total. The third-order valence-corrected chi connectivity index (χ3v) is 6.57. The highest BCUT2D eigenvalue weighted by Gasteiger charge is 2.54. The molecule has 0 aromatic heterocycles. The molecule has 0 N–H and O–H groups in total. The van der Waals surface area contributed by atoms with Crippen molar-refractivity contribution in [3.8, 4) is 11.5 Å². The van der Waals surface area contributed by atoms with Crippen molar-refractivity contribution in [2.45, 2.75) is 94.0 Å². The van der Waals surface area contributed by atoms with Crippen molar-refractivity contribution in [3.63, 3.8) is 0 Å². The Morgan fingerprint density at radius 3 is 1.67 bits per heavy atom. The summed E-state index contributed by atoms with van der Waals surface area (Å²) in [5.41, 5.74) is -1.05. The zero-order valence-electron chi connectivity index (χ0n) is 18.9. The van der Waals surface area contributed by atoms with E-state index in [4.69, 9.17) is 9.47 Å². The van der Waals surface area contributed by atoms with E-state index in [1.54, 1.807) is 0 Å². The molecule has 0 aliphatic carbocycles. The van der Waals surface area contributed by atoms with E-state index in [2.05, 4.69) is 48.5 Å². The van der Waals surface area contributed by atoms with E-state index in [9.17, 15) is 0 Å². The van der Waals surface area contributed by atoms with Gasteiger partial charge in [-0.15, -0.1) is 0 Å². The second-order valence-electron chi connectivity index (χ2n) is 11.5. The molecular weight excluding hydrogens is 339 g/mol. The van der Waals surface area contributed by atoms with Gasteiger partial charge < -0.3 is 9.47 Å². The largest absolute Gasteiger partial charge is 0.482 e. The molecule has 3 heteroatoms. The van der Waals surface area contributed by atoms with E-state index >= 15 is 4.39 Å². The summed E-state index contributed by atoms with van der Waals surface area (Å²) in [6.45, 7) is 21.2. The lowest BCUT2D eigenvalue weighted by Crippen LogP contribution is -2.59. The molecule has 0 radical (unpaired) electrons. The standard InChI is InChI=1S/C24H39FO2/c1-21(2,3)18(25)15-23(7,8)24(9,10)20-19(22(4,5)6)26-16-13-11-12-14-17(16)27-20/h11-14,18-20H,15H2,1-10H3. The van der Waals surface area contributed by atoms with Crippen molar-refractivity contribution in [3.05, 3.63) is 24.3 Å². The second kappa shape index (κ2) is 6.97. The first-order chi connectivity index (χ1) is 12.1. The quantitative estimate of drug-likeness (QED) is 0.558. The Kier molecular flexibility index (Phi) is 5.69. The molecule has 154 valence electrons. The fourth-order valence-electron chi connectivity index (χ4n) is 3.60. The fourth-order valence-corrected chi connectivity index (χ4v) is 3.60.